The zero-order chi connectivity index (χ0) is 17.4. The van der Waals surface area contributed by atoms with Crippen LogP contribution < -0.4 is 10.6 Å². The van der Waals surface area contributed by atoms with Crippen molar-refractivity contribution < 1.29 is 4.79 Å². The summed E-state index contributed by atoms with van der Waals surface area (Å²) in [4.78, 5) is 25.4. The summed E-state index contributed by atoms with van der Waals surface area (Å²) in [6.07, 6.45) is 8.34. The molecule has 2 saturated heterocycles. The molecule has 4 heterocycles. The molecule has 25 heavy (non-hydrogen) atoms. The molecule has 2 N–H and O–H groups in total. The molecule has 8 nitrogen and oxygen atoms in total. The van der Waals surface area contributed by atoms with Crippen molar-refractivity contribution in [3.63, 3.8) is 0 Å². The number of nitrogens with zero attached hydrogens (tertiary/aromatic N) is 6. The summed E-state index contributed by atoms with van der Waals surface area (Å²) in [6, 6.07) is 1.88. The molecule has 2 atom stereocenters. The number of aryl methyl sites for hydroxylation is 1. The quantitative estimate of drug-likeness (QED) is 0.887. The van der Waals surface area contributed by atoms with Gasteiger partial charge in [-0.1, -0.05) is 0 Å². The van der Waals surface area contributed by atoms with Gasteiger partial charge >= 0.3 is 0 Å². The number of amides is 1. The highest BCUT2D eigenvalue weighted by Gasteiger charge is 2.39. The van der Waals surface area contributed by atoms with Crippen LogP contribution in [0.15, 0.2) is 24.7 Å². The molecule has 2 aliphatic heterocycles. The van der Waals surface area contributed by atoms with Gasteiger partial charge in [-0.15, -0.1) is 0 Å². The number of hydrogen-bond donors (Lipinski definition) is 1. The first-order valence-corrected chi connectivity index (χ1v) is 8.74. The van der Waals surface area contributed by atoms with E-state index in [0.29, 0.717) is 11.9 Å². The lowest BCUT2D eigenvalue weighted by Gasteiger charge is -2.35. The molecule has 1 amide bonds. The number of hydrogen-bond acceptors (Lipinski definition) is 6. The van der Waals surface area contributed by atoms with Crippen LogP contribution in [0.3, 0.4) is 0 Å². The lowest BCUT2D eigenvalue weighted by molar-refractivity contribution is -0.122. The van der Waals surface area contributed by atoms with Gasteiger partial charge in [0.05, 0.1) is 23.6 Å². The van der Waals surface area contributed by atoms with Crippen LogP contribution in [0.4, 0.5) is 11.6 Å². The minimum Gasteiger partial charge on any atom is -0.368 e. The van der Waals surface area contributed by atoms with E-state index in [4.69, 9.17) is 5.73 Å². The summed E-state index contributed by atoms with van der Waals surface area (Å²) in [6.45, 7) is 2.54. The molecular weight excluding hydrogens is 318 g/mol. The molecule has 0 bridgehead atoms. The Balaban J connectivity index is 1.47. The Labute approximate surface area is 146 Å². The van der Waals surface area contributed by atoms with Crippen molar-refractivity contribution in [1.29, 1.82) is 0 Å². The number of aromatic nitrogens is 4. The van der Waals surface area contributed by atoms with Gasteiger partial charge in [-0.2, -0.15) is 5.10 Å². The van der Waals surface area contributed by atoms with Crippen LogP contribution in [0, 0.1) is 0 Å². The van der Waals surface area contributed by atoms with Gasteiger partial charge in [-0.25, -0.2) is 9.97 Å². The van der Waals surface area contributed by atoms with Gasteiger partial charge in [-0.3, -0.25) is 14.4 Å². The van der Waals surface area contributed by atoms with E-state index < -0.39 is 0 Å². The third-order valence-electron chi connectivity index (χ3n) is 5.19. The summed E-state index contributed by atoms with van der Waals surface area (Å²) in [5.41, 5.74) is 7.58. The van der Waals surface area contributed by atoms with Crippen LogP contribution in [0.2, 0.25) is 0 Å². The molecule has 0 aliphatic carbocycles. The monoisotopic (exact) mass is 341 g/mol. The second-order valence-electron chi connectivity index (χ2n) is 6.84. The standard InChI is InChI=1S/C17H23N7O/c1-22-11-13(9-20-22)24-8-5-15(16(24)25)23-7-2-3-12(10-23)14-4-6-19-17(18)21-14/h4,6,9,11-12,15H,2-3,5,7-8,10H2,1H3,(H2,18,19,21). The summed E-state index contributed by atoms with van der Waals surface area (Å²) >= 11 is 0. The summed E-state index contributed by atoms with van der Waals surface area (Å²) < 4.78 is 1.73. The van der Waals surface area contributed by atoms with Gasteiger partial charge in [0, 0.05) is 38.4 Å². The number of nitrogens with two attached hydrogens (primary N) is 1. The maximum Gasteiger partial charge on any atom is 0.244 e. The number of rotatable bonds is 3. The average Bonchev–Trinajstić information content (AvgIpc) is 3.20. The predicted octanol–water partition coefficient (Wildman–Crippen LogP) is 0.777. The number of anilines is 2. The Hall–Kier alpha value is -2.48. The van der Waals surface area contributed by atoms with Crippen molar-refractivity contribution in [3.05, 3.63) is 30.4 Å². The Morgan fingerprint density at radius 2 is 2.16 bits per heavy atom. The zero-order valence-electron chi connectivity index (χ0n) is 14.4. The molecule has 0 saturated carbocycles. The lowest BCUT2D eigenvalue weighted by Crippen LogP contribution is -2.46. The highest BCUT2D eigenvalue weighted by atomic mass is 16.2. The minimum atomic E-state index is -0.0535. The highest BCUT2D eigenvalue weighted by molar-refractivity contribution is 5.99. The van der Waals surface area contributed by atoms with E-state index in [2.05, 4.69) is 20.0 Å². The van der Waals surface area contributed by atoms with E-state index in [0.717, 1.165) is 50.3 Å². The van der Waals surface area contributed by atoms with Crippen molar-refractivity contribution in [2.45, 2.75) is 31.2 Å². The van der Waals surface area contributed by atoms with Gasteiger partial charge in [0.15, 0.2) is 0 Å². The van der Waals surface area contributed by atoms with Gasteiger partial charge in [0.2, 0.25) is 11.9 Å². The first-order chi connectivity index (χ1) is 12.1. The van der Waals surface area contributed by atoms with Crippen LogP contribution in [0.1, 0.15) is 30.9 Å². The lowest BCUT2D eigenvalue weighted by atomic mass is 9.93. The third-order valence-corrected chi connectivity index (χ3v) is 5.19. The fourth-order valence-electron chi connectivity index (χ4n) is 3.95. The van der Waals surface area contributed by atoms with E-state index in [1.807, 2.05) is 24.2 Å². The molecule has 132 valence electrons. The van der Waals surface area contributed by atoms with Crippen molar-refractivity contribution in [2.24, 2.45) is 7.05 Å². The average molecular weight is 341 g/mol. The summed E-state index contributed by atoms with van der Waals surface area (Å²) in [7, 11) is 1.87. The van der Waals surface area contributed by atoms with Gasteiger partial charge in [0.1, 0.15) is 0 Å². The van der Waals surface area contributed by atoms with Gasteiger partial charge in [0.25, 0.3) is 0 Å². The number of likely N-dealkylation sites (tertiary alicyclic amines) is 1. The Morgan fingerprint density at radius 3 is 2.92 bits per heavy atom. The van der Waals surface area contributed by atoms with Crippen LogP contribution in [0.5, 0.6) is 0 Å². The van der Waals surface area contributed by atoms with Crippen LogP contribution in [-0.4, -0.2) is 56.2 Å². The maximum atomic E-state index is 12.9. The minimum absolute atomic E-state index is 0.0535. The van der Waals surface area contributed by atoms with E-state index in [9.17, 15) is 4.79 Å². The van der Waals surface area contributed by atoms with Crippen LogP contribution in [0.25, 0.3) is 0 Å². The first kappa shape index (κ1) is 16.0. The van der Waals surface area contributed by atoms with Crippen LogP contribution >= 0.6 is 0 Å². The van der Waals surface area contributed by atoms with E-state index >= 15 is 0 Å². The van der Waals surface area contributed by atoms with E-state index in [1.54, 1.807) is 17.1 Å². The molecule has 2 unspecified atom stereocenters. The number of carbonyl (C=O) groups excluding carboxylic acids is 1. The van der Waals surface area contributed by atoms with Crippen molar-refractivity contribution in [1.82, 2.24) is 24.6 Å². The molecule has 0 radical (unpaired) electrons. The Morgan fingerprint density at radius 1 is 1.28 bits per heavy atom. The molecule has 0 aromatic carbocycles. The van der Waals surface area contributed by atoms with E-state index in [-0.39, 0.29) is 11.9 Å². The topological polar surface area (TPSA) is 93.2 Å². The zero-order valence-corrected chi connectivity index (χ0v) is 14.4. The normalized spacial score (nSPS) is 24.8. The van der Waals surface area contributed by atoms with Gasteiger partial charge < -0.3 is 10.6 Å². The second-order valence-corrected chi connectivity index (χ2v) is 6.84. The first-order valence-electron chi connectivity index (χ1n) is 8.74. The second kappa shape index (κ2) is 6.44. The Kier molecular flexibility index (Phi) is 4.12. The molecule has 0 spiro atoms. The Bertz CT molecular complexity index is 774. The number of nitrogen functional groups attached to an aromatic ring is 1. The predicted molar refractivity (Wildman–Crippen MR) is 94.0 cm³/mol. The fraction of sp³-hybridized carbons (Fsp3) is 0.529. The fourth-order valence-corrected chi connectivity index (χ4v) is 3.95. The number of carbonyl (C=O) groups is 1. The van der Waals surface area contributed by atoms with Crippen molar-refractivity contribution in [3.8, 4) is 0 Å². The van der Waals surface area contributed by atoms with Crippen molar-refractivity contribution >= 4 is 17.5 Å². The maximum absolute atomic E-state index is 12.9. The smallest absolute Gasteiger partial charge is 0.244 e. The molecule has 2 fully saturated rings. The molecule has 4 rings (SSSR count). The van der Waals surface area contributed by atoms with Crippen molar-refractivity contribution in [2.75, 3.05) is 30.3 Å². The highest BCUT2D eigenvalue weighted by Crippen LogP contribution is 2.31. The van der Waals surface area contributed by atoms with E-state index in [1.165, 1.54) is 0 Å². The number of piperidine rings is 1. The molecule has 2 aliphatic rings. The van der Waals surface area contributed by atoms with Gasteiger partial charge in [-0.05, 0) is 31.9 Å². The molecule has 2 aromatic heterocycles. The molecule has 8 heteroatoms. The summed E-state index contributed by atoms with van der Waals surface area (Å²) in [5, 5.41) is 4.18. The molecular formula is C17H23N7O. The largest absolute Gasteiger partial charge is 0.368 e. The SMILES string of the molecule is Cn1cc(N2CCC(N3CCCC(c4ccnc(N)n4)C3)C2=O)cn1. The van der Waals surface area contributed by atoms with Crippen LogP contribution in [-0.2, 0) is 11.8 Å². The molecule has 2 aromatic rings. The summed E-state index contributed by atoms with van der Waals surface area (Å²) in [5.74, 6) is 0.796. The third kappa shape index (κ3) is 3.09.